The Morgan fingerprint density at radius 1 is 1.07 bits per heavy atom. The normalized spacial score (nSPS) is 13.1. The Morgan fingerprint density at radius 3 is 2.46 bits per heavy atom. The molecule has 0 aromatic heterocycles. The summed E-state index contributed by atoms with van der Waals surface area (Å²) in [5.41, 5.74) is 2.60. The predicted octanol–water partition coefficient (Wildman–Crippen LogP) is 3.89. The minimum atomic E-state index is -0.433. The number of carbonyl (C=O) groups is 2. The van der Waals surface area contributed by atoms with Crippen molar-refractivity contribution in [1.29, 1.82) is 0 Å². The molecule has 0 saturated heterocycles. The lowest BCUT2D eigenvalue weighted by atomic mass is 9.94. The first-order valence-corrected chi connectivity index (χ1v) is 9.23. The van der Waals surface area contributed by atoms with Gasteiger partial charge >= 0.3 is 0 Å². The number of amides is 2. The van der Waals surface area contributed by atoms with Crippen LogP contribution in [-0.2, 0) is 11.2 Å². The van der Waals surface area contributed by atoms with Crippen LogP contribution in [0.3, 0.4) is 0 Å². The van der Waals surface area contributed by atoms with Gasteiger partial charge in [0.05, 0.1) is 19.8 Å². The summed E-state index contributed by atoms with van der Waals surface area (Å²) >= 11 is 0. The van der Waals surface area contributed by atoms with Crippen molar-refractivity contribution in [3.8, 4) is 11.5 Å². The molecule has 2 aromatic carbocycles. The van der Waals surface area contributed by atoms with Crippen LogP contribution in [0.4, 0.5) is 11.4 Å². The van der Waals surface area contributed by atoms with Crippen LogP contribution in [-0.4, -0.2) is 32.6 Å². The van der Waals surface area contributed by atoms with Crippen LogP contribution in [0.15, 0.2) is 36.4 Å². The Morgan fingerprint density at radius 2 is 1.82 bits per heavy atom. The van der Waals surface area contributed by atoms with Crippen LogP contribution in [0, 0.1) is 5.41 Å². The third kappa shape index (κ3) is 3.67. The fraction of sp³-hybridized carbons (Fsp3) is 0.364. The molecule has 6 heteroatoms. The molecule has 3 rings (SSSR count). The van der Waals surface area contributed by atoms with E-state index >= 15 is 0 Å². The first kappa shape index (κ1) is 19.7. The average Bonchev–Trinajstić information content (AvgIpc) is 3.08. The van der Waals surface area contributed by atoms with Crippen molar-refractivity contribution < 1.29 is 19.1 Å². The van der Waals surface area contributed by atoms with E-state index in [1.54, 1.807) is 18.2 Å². The summed E-state index contributed by atoms with van der Waals surface area (Å²) in [6.45, 7) is 6.42. The average molecular weight is 382 g/mol. The minimum Gasteiger partial charge on any atom is -0.493 e. The van der Waals surface area contributed by atoms with E-state index in [2.05, 4.69) is 5.32 Å². The molecular formula is C22H26N2O4. The molecule has 6 nitrogen and oxygen atoms in total. The van der Waals surface area contributed by atoms with E-state index in [0.717, 1.165) is 17.7 Å². The molecule has 28 heavy (non-hydrogen) atoms. The van der Waals surface area contributed by atoms with Crippen molar-refractivity contribution in [3.05, 3.63) is 47.5 Å². The van der Waals surface area contributed by atoms with Crippen LogP contribution in [0.25, 0.3) is 0 Å². The largest absolute Gasteiger partial charge is 0.493 e. The van der Waals surface area contributed by atoms with Crippen molar-refractivity contribution in [1.82, 2.24) is 0 Å². The molecular weight excluding hydrogens is 356 g/mol. The fourth-order valence-corrected chi connectivity index (χ4v) is 3.36. The lowest BCUT2D eigenvalue weighted by Gasteiger charge is -2.26. The number of ether oxygens (including phenoxy) is 2. The highest BCUT2D eigenvalue weighted by molar-refractivity contribution is 6.07. The van der Waals surface area contributed by atoms with Gasteiger partial charge in [-0.05, 0) is 42.3 Å². The fourth-order valence-electron chi connectivity index (χ4n) is 3.36. The monoisotopic (exact) mass is 382 g/mol. The number of para-hydroxylation sites is 1. The second kappa shape index (κ2) is 7.54. The highest BCUT2D eigenvalue weighted by atomic mass is 16.5. The van der Waals surface area contributed by atoms with Gasteiger partial charge in [0, 0.05) is 23.3 Å². The van der Waals surface area contributed by atoms with Crippen LogP contribution in [0.5, 0.6) is 11.5 Å². The van der Waals surface area contributed by atoms with Crippen molar-refractivity contribution in [2.45, 2.75) is 27.2 Å². The zero-order chi connectivity index (χ0) is 20.5. The van der Waals surface area contributed by atoms with Crippen LogP contribution < -0.4 is 19.7 Å². The summed E-state index contributed by atoms with van der Waals surface area (Å²) in [6.07, 6.45) is 0.767. The molecule has 2 aromatic rings. The topological polar surface area (TPSA) is 67.9 Å². The molecule has 0 aliphatic carbocycles. The van der Waals surface area contributed by atoms with Gasteiger partial charge in [-0.15, -0.1) is 0 Å². The maximum atomic E-state index is 12.8. The van der Waals surface area contributed by atoms with Gasteiger partial charge in [0.2, 0.25) is 5.91 Å². The van der Waals surface area contributed by atoms with E-state index in [1.165, 1.54) is 14.2 Å². The Kier molecular flexibility index (Phi) is 5.31. The summed E-state index contributed by atoms with van der Waals surface area (Å²) in [4.78, 5) is 27.2. The molecule has 0 unspecified atom stereocenters. The minimum absolute atomic E-state index is 0.101. The standard InChI is InChI=1S/C22H26N2O4/c1-22(2,3)21(26)24-12-11-14-13-15(9-10-17(14)24)23-20(25)16-7-6-8-18(27-4)19(16)28-5/h6-10,13H,11-12H2,1-5H3,(H,23,25). The van der Waals surface area contributed by atoms with Gasteiger partial charge in [0.1, 0.15) is 0 Å². The SMILES string of the molecule is COc1cccc(C(=O)Nc2ccc3c(c2)CCN3C(=O)C(C)(C)C)c1OC. The predicted molar refractivity (Wildman–Crippen MR) is 109 cm³/mol. The molecule has 0 saturated carbocycles. The summed E-state index contributed by atoms with van der Waals surface area (Å²) < 4.78 is 10.6. The highest BCUT2D eigenvalue weighted by Gasteiger charge is 2.32. The van der Waals surface area contributed by atoms with E-state index in [0.29, 0.717) is 29.3 Å². The van der Waals surface area contributed by atoms with Gasteiger partial charge in [0.15, 0.2) is 11.5 Å². The quantitative estimate of drug-likeness (QED) is 0.871. The molecule has 1 aliphatic rings. The van der Waals surface area contributed by atoms with Crippen molar-refractivity contribution in [3.63, 3.8) is 0 Å². The van der Waals surface area contributed by atoms with Gasteiger partial charge in [-0.25, -0.2) is 0 Å². The Labute approximate surface area is 165 Å². The van der Waals surface area contributed by atoms with Gasteiger partial charge in [0.25, 0.3) is 5.91 Å². The van der Waals surface area contributed by atoms with Crippen molar-refractivity contribution in [2.24, 2.45) is 5.41 Å². The number of hydrogen-bond acceptors (Lipinski definition) is 4. The maximum absolute atomic E-state index is 12.8. The maximum Gasteiger partial charge on any atom is 0.259 e. The number of methoxy groups -OCH3 is 2. The van der Waals surface area contributed by atoms with E-state index in [9.17, 15) is 9.59 Å². The Bertz CT molecular complexity index is 915. The number of benzene rings is 2. The second-order valence-electron chi connectivity index (χ2n) is 7.80. The summed E-state index contributed by atoms with van der Waals surface area (Å²) in [6, 6.07) is 10.8. The Balaban J connectivity index is 1.83. The lowest BCUT2D eigenvalue weighted by Crippen LogP contribution is -2.38. The van der Waals surface area contributed by atoms with E-state index < -0.39 is 5.41 Å². The summed E-state index contributed by atoms with van der Waals surface area (Å²) in [7, 11) is 3.04. The number of rotatable bonds is 4. The van der Waals surface area contributed by atoms with Crippen LogP contribution >= 0.6 is 0 Å². The smallest absolute Gasteiger partial charge is 0.259 e. The molecule has 2 amide bonds. The molecule has 1 aliphatic heterocycles. The number of anilines is 2. The molecule has 1 N–H and O–H groups in total. The zero-order valence-corrected chi connectivity index (χ0v) is 17.0. The third-order valence-electron chi connectivity index (χ3n) is 4.77. The van der Waals surface area contributed by atoms with Gasteiger partial charge in [-0.1, -0.05) is 26.8 Å². The first-order chi connectivity index (χ1) is 13.3. The molecule has 0 spiro atoms. The highest BCUT2D eigenvalue weighted by Crippen LogP contribution is 2.35. The molecule has 0 bridgehead atoms. The lowest BCUT2D eigenvalue weighted by molar-refractivity contribution is -0.125. The number of hydrogen-bond donors (Lipinski definition) is 1. The molecule has 1 heterocycles. The van der Waals surface area contributed by atoms with Gasteiger partial charge in [-0.2, -0.15) is 0 Å². The van der Waals surface area contributed by atoms with E-state index in [1.807, 2.05) is 43.9 Å². The molecule has 148 valence electrons. The van der Waals surface area contributed by atoms with E-state index in [-0.39, 0.29) is 11.8 Å². The zero-order valence-electron chi connectivity index (χ0n) is 17.0. The molecule has 0 atom stereocenters. The summed E-state index contributed by atoms with van der Waals surface area (Å²) in [5, 5.41) is 2.91. The van der Waals surface area contributed by atoms with Crippen LogP contribution in [0.2, 0.25) is 0 Å². The van der Waals surface area contributed by atoms with Crippen molar-refractivity contribution in [2.75, 3.05) is 31.0 Å². The number of nitrogens with zero attached hydrogens (tertiary/aromatic N) is 1. The number of carbonyl (C=O) groups excluding carboxylic acids is 2. The first-order valence-electron chi connectivity index (χ1n) is 9.23. The Hall–Kier alpha value is -3.02. The van der Waals surface area contributed by atoms with E-state index in [4.69, 9.17) is 9.47 Å². The number of fused-ring (bicyclic) bond motifs is 1. The molecule has 0 radical (unpaired) electrons. The third-order valence-corrected chi connectivity index (χ3v) is 4.77. The van der Waals surface area contributed by atoms with Crippen LogP contribution in [0.1, 0.15) is 36.7 Å². The second-order valence-corrected chi connectivity index (χ2v) is 7.80. The summed E-state index contributed by atoms with van der Waals surface area (Å²) in [5.74, 6) is 0.714. The number of nitrogens with one attached hydrogen (secondary N) is 1. The van der Waals surface area contributed by atoms with Crippen molar-refractivity contribution >= 4 is 23.2 Å². The molecule has 0 fully saturated rings. The van der Waals surface area contributed by atoms with Gasteiger partial charge < -0.3 is 19.7 Å². The van der Waals surface area contributed by atoms with Gasteiger partial charge in [-0.3, -0.25) is 9.59 Å².